The first-order chi connectivity index (χ1) is 9.76. The van der Waals surface area contributed by atoms with E-state index in [0.29, 0.717) is 18.8 Å². The number of aryl methyl sites for hydroxylation is 1. The van der Waals surface area contributed by atoms with Gasteiger partial charge in [0.25, 0.3) is 5.88 Å². The van der Waals surface area contributed by atoms with E-state index in [0.717, 1.165) is 12.0 Å². The van der Waals surface area contributed by atoms with Crippen LogP contribution in [0.15, 0.2) is 34.9 Å². The van der Waals surface area contributed by atoms with Crippen LogP contribution in [0.3, 0.4) is 0 Å². The number of esters is 1. The summed E-state index contributed by atoms with van der Waals surface area (Å²) in [7, 11) is 1.33. The molecule has 0 aliphatic heterocycles. The highest BCUT2D eigenvalue weighted by molar-refractivity contribution is 5.92. The molecule has 2 aromatic rings. The standard InChI is InChI=1S/C15H17NO4/c1-3-7-12-13(15(17)18-2)14(16-20-12)19-10-11-8-5-4-6-9-11/h4-6,8-9H,3,7,10H2,1-2H3. The number of carbonyl (C=O) groups excluding carboxylic acids is 1. The molecule has 1 aromatic heterocycles. The summed E-state index contributed by atoms with van der Waals surface area (Å²) in [5.74, 6) is 0.198. The fourth-order valence-corrected chi connectivity index (χ4v) is 1.83. The van der Waals surface area contributed by atoms with Crippen LogP contribution in [0, 0.1) is 0 Å². The van der Waals surface area contributed by atoms with Crippen LogP contribution in [0.1, 0.15) is 35.0 Å². The van der Waals surface area contributed by atoms with Crippen molar-refractivity contribution in [3.8, 4) is 5.88 Å². The number of hydrogen-bond acceptors (Lipinski definition) is 5. The van der Waals surface area contributed by atoms with Gasteiger partial charge in [-0.1, -0.05) is 37.3 Å². The monoisotopic (exact) mass is 275 g/mol. The average Bonchev–Trinajstić information content (AvgIpc) is 2.89. The van der Waals surface area contributed by atoms with Gasteiger partial charge >= 0.3 is 5.97 Å². The summed E-state index contributed by atoms with van der Waals surface area (Å²) < 4.78 is 15.5. The van der Waals surface area contributed by atoms with E-state index in [9.17, 15) is 4.79 Å². The average molecular weight is 275 g/mol. The lowest BCUT2D eigenvalue weighted by Crippen LogP contribution is -2.07. The number of aromatic nitrogens is 1. The van der Waals surface area contributed by atoms with Crippen molar-refractivity contribution in [3.05, 3.63) is 47.2 Å². The van der Waals surface area contributed by atoms with Gasteiger partial charge in [0.05, 0.1) is 7.11 Å². The highest BCUT2D eigenvalue weighted by atomic mass is 16.6. The second kappa shape index (κ2) is 6.75. The van der Waals surface area contributed by atoms with Gasteiger partial charge in [-0.3, -0.25) is 0 Å². The Hall–Kier alpha value is -2.30. The molecule has 0 saturated heterocycles. The molecule has 2 rings (SSSR count). The van der Waals surface area contributed by atoms with Gasteiger partial charge in [-0.2, -0.15) is 0 Å². The van der Waals surface area contributed by atoms with E-state index < -0.39 is 5.97 Å². The molecule has 0 atom stereocenters. The van der Waals surface area contributed by atoms with Crippen LogP contribution >= 0.6 is 0 Å². The summed E-state index contributed by atoms with van der Waals surface area (Å²) in [4.78, 5) is 11.8. The topological polar surface area (TPSA) is 61.6 Å². The Kier molecular flexibility index (Phi) is 4.76. The van der Waals surface area contributed by atoms with E-state index in [1.807, 2.05) is 37.3 Å². The lowest BCUT2D eigenvalue weighted by Gasteiger charge is -2.04. The second-order valence-corrected chi connectivity index (χ2v) is 4.30. The van der Waals surface area contributed by atoms with Gasteiger partial charge in [0, 0.05) is 6.42 Å². The van der Waals surface area contributed by atoms with E-state index in [2.05, 4.69) is 5.16 Å². The van der Waals surface area contributed by atoms with E-state index in [4.69, 9.17) is 14.0 Å². The first-order valence-electron chi connectivity index (χ1n) is 6.49. The molecular formula is C15H17NO4. The Morgan fingerprint density at radius 3 is 2.70 bits per heavy atom. The number of benzene rings is 1. The van der Waals surface area contributed by atoms with Gasteiger partial charge < -0.3 is 14.0 Å². The predicted octanol–water partition coefficient (Wildman–Crippen LogP) is 2.99. The lowest BCUT2D eigenvalue weighted by atomic mass is 10.2. The largest absolute Gasteiger partial charge is 0.470 e. The summed E-state index contributed by atoms with van der Waals surface area (Å²) in [6, 6.07) is 9.64. The number of methoxy groups -OCH3 is 1. The summed E-state index contributed by atoms with van der Waals surface area (Å²) in [6.45, 7) is 2.32. The number of rotatable bonds is 6. The lowest BCUT2D eigenvalue weighted by molar-refractivity contribution is 0.0593. The predicted molar refractivity (Wildman–Crippen MR) is 72.6 cm³/mol. The molecule has 20 heavy (non-hydrogen) atoms. The maximum Gasteiger partial charge on any atom is 0.347 e. The summed E-state index contributed by atoms with van der Waals surface area (Å²) in [5, 5.41) is 3.82. The Morgan fingerprint density at radius 1 is 1.30 bits per heavy atom. The van der Waals surface area contributed by atoms with E-state index in [1.165, 1.54) is 7.11 Å². The van der Waals surface area contributed by atoms with Gasteiger partial charge in [0.2, 0.25) is 0 Å². The summed E-state index contributed by atoms with van der Waals surface area (Å²) in [6.07, 6.45) is 1.46. The van der Waals surface area contributed by atoms with Crippen molar-refractivity contribution in [2.75, 3.05) is 7.11 Å². The minimum atomic E-state index is -0.488. The van der Waals surface area contributed by atoms with Crippen LogP contribution in [0.5, 0.6) is 5.88 Å². The van der Waals surface area contributed by atoms with Crippen LogP contribution in [0.4, 0.5) is 0 Å². The molecule has 0 saturated carbocycles. The normalized spacial score (nSPS) is 10.3. The molecule has 0 unspecified atom stereocenters. The maximum atomic E-state index is 11.8. The van der Waals surface area contributed by atoms with E-state index in [1.54, 1.807) is 0 Å². The summed E-state index contributed by atoms with van der Waals surface area (Å²) in [5.41, 5.74) is 1.27. The van der Waals surface area contributed by atoms with Crippen molar-refractivity contribution in [1.29, 1.82) is 0 Å². The minimum Gasteiger partial charge on any atom is -0.470 e. The molecule has 106 valence electrons. The third kappa shape index (κ3) is 3.17. The molecule has 0 bridgehead atoms. The fourth-order valence-electron chi connectivity index (χ4n) is 1.83. The van der Waals surface area contributed by atoms with Gasteiger partial charge in [-0.15, -0.1) is 0 Å². The van der Waals surface area contributed by atoms with Crippen molar-refractivity contribution < 1.29 is 18.8 Å². The highest BCUT2D eigenvalue weighted by Crippen LogP contribution is 2.24. The number of carbonyl (C=O) groups is 1. The zero-order chi connectivity index (χ0) is 14.4. The zero-order valence-corrected chi connectivity index (χ0v) is 11.6. The minimum absolute atomic E-state index is 0.184. The van der Waals surface area contributed by atoms with Crippen LogP contribution < -0.4 is 4.74 Å². The van der Waals surface area contributed by atoms with Gasteiger partial charge in [0.1, 0.15) is 6.61 Å². The number of ether oxygens (including phenoxy) is 2. The molecular weight excluding hydrogens is 258 g/mol. The quantitative estimate of drug-likeness (QED) is 0.758. The second-order valence-electron chi connectivity index (χ2n) is 4.30. The number of nitrogens with zero attached hydrogens (tertiary/aromatic N) is 1. The van der Waals surface area contributed by atoms with E-state index in [-0.39, 0.29) is 11.4 Å². The Morgan fingerprint density at radius 2 is 2.05 bits per heavy atom. The molecule has 0 fully saturated rings. The molecule has 1 aromatic carbocycles. The Labute approximate surface area is 117 Å². The van der Waals surface area contributed by atoms with Gasteiger partial charge in [0.15, 0.2) is 11.3 Å². The zero-order valence-electron chi connectivity index (χ0n) is 11.6. The molecule has 1 heterocycles. The third-order valence-corrected chi connectivity index (χ3v) is 2.82. The molecule has 0 N–H and O–H groups in total. The molecule has 5 heteroatoms. The summed E-state index contributed by atoms with van der Waals surface area (Å²) >= 11 is 0. The molecule has 0 amide bonds. The third-order valence-electron chi connectivity index (χ3n) is 2.82. The molecule has 0 spiro atoms. The van der Waals surface area contributed by atoms with Crippen LogP contribution in [0.2, 0.25) is 0 Å². The fraction of sp³-hybridized carbons (Fsp3) is 0.333. The molecule has 0 radical (unpaired) electrons. The van der Waals surface area contributed by atoms with Gasteiger partial charge in [-0.05, 0) is 17.1 Å². The van der Waals surface area contributed by atoms with Crippen LogP contribution in [0.25, 0.3) is 0 Å². The number of hydrogen-bond donors (Lipinski definition) is 0. The van der Waals surface area contributed by atoms with Crippen molar-refractivity contribution in [2.24, 2.45) is 0 Å². The van der Waals surface area contributed by atoms with Gasteiger partial charge in [-0.25, -0.2) is 4.79 Å². The SMILES string of the molecule is CCCc1onc(OCc2ccccc2)c1C(=O)OC. The first kappa shape index (κ1) is 14.1. The van der Waals surface area contributed by atoms with Crippen LogP contribution in [-0.2, 0) is 17.8 Å². The van der Waals surface area contributed by atoms with Crippen molar-refractivity contribution in [2.45, 2.75) is 26.4 Å². The maximum absolute atomic E-state index is 11.8. The Bertz CT molecular complexity index is 563. The van der Waals surface area contributed by atoms with Crippen LogP contribution in [-0.4, -0.2) is 18.2 Å². The van der Waals surface area contributed by atoms with E-state index >= 15 is 0 Å². The molecule has 5 nitrogen and oxygen atoms in total. The van der Waals surface area contributed by atoms with Crippen molar-refractivity contribution >= 4 is 5.97 Å². The Balaban J connectivity index is 2.16. The van der Waals surface area contributed by atoms with Crippen molar-refractivity contribution in [3.63, 3.8) is 0 Å². The molecule has 0 aliphatic carbocycles. The molecule has 0 aliphatic rings. The first-order valence-corrected chi connectivity index (χ1v) is 6.49. The van der Waals surface area contributed by atoms with Crippen molar-refractivity contribution in [1.82, 2.24) is 5.16 Å². The smallest absolute Gasteiger partial charge is 0.347 e. The highest BCUT2D eigenvalue weighted by Gasteiger charge is 2.24.